The quantitative estimate of drug-likeness (QED) is 0.813. The van der Waals surface area contributed by atoms with Crippen LogP contribution in [0.1, 0.15) is 16.7 Å². The number of benzene rings is 1. The number of pyridine rings is 1. The van der Waals surface area contributed by atoms with Crippen LogP contribution in [-0.4, -0.2) is 46.9 Å². The van der Waals surface area contributed by atoms with Crippen molar-refractivity contribution in [1.82, 2.24) is 14.8 Å². The Morgan fingerprint density at radius 3 is 2.38 bits per heavy atom. The molecule has 4 nitrogen and oxygen atoms in total. The van der Waals surface area contributed by atoms with Crippen LogP contribution >= 0.6 is 0 Å². The Kier molecular flexibility index (Phi) is 5.39. The molecule has 0 bridgehead atoms. The second kappa shape index (κ2) is 7.88. The van der Waals surface area contributed by atoms with Gasteiger partial charge >= 0.3 is 0 Å². The molecule has 24 heavy (non-hydrogen) atoms. The van der Waals surface area contributed by atoms with Crippen molar-refractivity contribution in [3.8, 4) is 0 Å². The van der Waals surface area contributed by atoms with Crippen LogP contribution in [0.4, 0.5) is 0 Å². The summed E-state index contributed by atoms with van der Waals surface area (Å²) in [5, 5.41) is 0. The minimum absolute atomic E-state index is 0.0964. The van der Waals surface area contributed by atoms with E-state index in [9.17, 15) is 4.79 Å². The van der Waals surface area contributed by atoms with Gasteiger partial charge < -0.3 is 4.90 Å². The molecule has 1 aromatic carbocycles. The number of hydrogen-bond donors (Lipinski definition) is 0. The van der Waals surface area contributed by atoms with E-state index in [-0.39, 0.29) is 5.91 Å². The van der Waals surface area contributed by atoms with Crippen molar-refractivity contribution < 1.29 is 4.79 Å². The van der Waals surface area contributed by atoms with Crippen LogP contribution in [0.5, 0.6) is 0 Å². The van der Waals surface area contributed by atoms with Gasteiger partial charge in [0.15, 0.2) is 0 Å². The van der Waals surface area contributed by atoms with Gasteiger partial charge in [0.05, 0.1) is 0 Å². The first-order valence-corrected chi connectivity index (χ1v) is 8.35. The van der Waals surface area contributed by atoms with Crippen LogP contribution < -0.4 is 0 Å². The average Bonchev–Trinajstić information content (AvgIpc) is 2.62. The van der Waals surface area contributed by atoms with Crippen molar-refractivity contribution in [3.63, 3.8) is 0 Å². The molecule has 0 radical (unpaired) electrons. The number of hydrogen-bond acceptors (Lipinski definition) is 3. The highest BCUT2D eigenvalue weighted by atomic mass is 16.2. The van der Waals surface area contributed by atoms with E-state index < -0.39 is 0 Å². The number of carbonyl (C=O) groups excluding carboxylic acids is 1. The predicted molar refractivity (Wildman–Crippen MR) is 96.3 cm³/mol. The van der Waals surface area contributed by atoms with Crippen molar-refractivity contribution in [3.05, 3.63) is 71.6 Å². The molecule has 0 saturated carbocycles. The van der Waals surface area contributed by atoms with Crippen LogP contribution in [-0.2, 0) is 11.3 Å². The fraction of sp³-hybridized carbons (Fsp3) is 0.300. The smallest absolute Gasteiger partial charge is 0.246 e. The van der Waals surface area contributed by atoms with Crippen LogP contribution in [0.15, 0.2) is 54.9 Å². The fourth-order valence-electron chi connectivity index (χ4n) is 2.82. The van der Waals surface area contributed by atoms with E-state index in [2.05, 4.69) is 28.9 Å². The number of amides is 1. The number of rotatable bonds is 4. The van der Waals surface area contributed by atoms with Gasteiger partial charge in [0.2, 0.25) is 5.91 Å². The van der Waals surface area contributed by atoms with Crippen LogP contribution in [0.25, 0.3) is 6.08 Å². The molecule has 3 rings (SSSR count). The highest BCUT2D eigenvalue weighted by Crippen LogP contribution is 2.09. The third-order valence-electron chi connectivity index (χ3n) is 4.34. The Balaban J connectivity index is 1.49. The molecule has 1 amide bonds. The van der Waals surface area contributed by atoms with E-state index in [1.54, 1.807) is 6.08 Å². The Hall–Kier alpha value is -2.46. The summed E-state index contributed by atoms with van der Waals surface area (Å²) in [6.07, 6.45) is 7.23. The molecular weight excluding hydrogens is 298 g/mol. The van der Waals surface area contributed by atoms with Gasteiger partial charge in [-0.25, -0.2) is 0 Å². The maximum absolute atomic E-state index is 12.3. The molecule has 1 aliphatic heterocycles. The summed E-state index contributed by atoms with van der Waals surface area (Å²) in [5.41, 5.74) is 3.55. The lowest BCUT2D eigenvalue weighted by Crippen LogP contribution is -2.47. The van der Waals surface area contributed by atoms with E-state index in [0.717, 1.165) is 38.3 Å². The lowest BCUT2D eigenvalue weighted by Gasteiger charge is -2.34. The van der Waals surface area contributed by atoms with Gasteiger partial charge in [-0.2, -0.15) is 0 Å². The van der Waals surface area contributed by atoms with Crippen molar-refractivity contribution in [2.75, 3.05) is 26.2 Å². The second-order valence-electron chi connectivity index (χ2n) is 6.20. The van der Waals surface area contributed by atoms with Crippen molar-refractivity contribution >= 4 is 12.0 Å². The van der Waals surface area contributed by atoms with E-state index in [1.807, 2.05) is 47.6 Å². The van der Waals surface area contributed by atoms with E-state index >= 15 is 0 Å². The summed E-state index contributed by atoms with van der Waals surface area (Å²) in [6.45, 7) is 6.36. The molecule has 2 heterocycles. The first-order chi connectivity index (χ1) is 11.7. The standard InChI is InChI=1S/C20H23N3O/c1-17-2-4-18(5-3-17)6-7-20(24)23-14-12-22(13-15-23)16-19-8-10-21-11-9-19/h2-11H,12-16H2,1H3/b7-6+. The highest BCUT2D eigenvalue weighted by Gasteiger charge is 2.19. The predicted octanol–water partition coefficient (Wildman–Crippen LogP) is 2.75. The minimum atomic E-state index is 0.0964. The molecule has 1 saturated heterocycles. The topological polar surface area (TPSA) is 36.4 Å². The zero-order valence-corrected chi connectivity index (χ0v) is 14.1. The van der Waals surface area contributed by atoms with Gasteiger partial charge in [-0.05, 0) is 36.3 Å². The maximum Gasteiger partial charge on any atom is 0.246 e. The summed E-state index contributed by atoms with van der Waals surface area (Å²) in [7, 11) is 0. The van der Waals surface area contributed by atoms with Crippen LogP contribution in [0.3, 0.4) is 0 Å². The number of carbonyl (C=O) groups is 1. The first-order valence-electron chi connectivity index (χ1n) is 8.35. The zero-order chi connectivity index (χ0) is 16.8. The fourth-order valence-corrected chi connectivity index (χ4v) is 2.82. The molecule has 4 heteroatoms. The third kappa shape index (κ3) is 4.52. The van der Waals surface area contributed by atoms with E-state index in [1.165, 1.54) is 11.1 Å². The Bertz CT molecular complexity index is 687. The van der Waals surface area contributed by atoms with Gasteiger partial charge in [0.1, 0.15) is 0 Å². The molecule has 0 atom stereocenters. The summed E-state index contributed by atoms with van der Waals surface area (Å²) in [6, 6.07) is 12.3. The Morgan fingerprint density at radius 2 is 1.71 bits per heavy atom. The lowest BCUT2D eigenvalue weighted by molar-refractivity contribution is -0.127. The number of nitrogens with zero attached hydrogens (tertiary/aromatic N) is 3. The van der Waals surface area contributed by atoms with Gasteiger partial charge in [-0.15, -0.1) is 0 Å². The zero-order valence-electron chi connectivity index (χ0n) is 14.1. The van der Waals surface area contributed by atoms with Crippen molar-refractivity contribution in [2.24, 2.45) is 0 Å². The molecule has 0 aliphatic carbocycles. The normalized spacial score (nSPS) is 15.8. The van der Waals surface area contributed by atoms with Crippen LogP contribution in [0, 0.1) is 6.92 Å². The van der Waals surface area contributed by atoms with Crippen molar-refractivity contribution in [1.29, 1.82) is 0 Å². The molecule has 1 fully saturated rings. The molecule has 0 unspecified atom stereocenters. The minimum Gasteiger partial charge on any atom is -0.337 e. The Morgan fingerprint density at radius 1 is 1.04 bits per heavy atom. The molecule has 0 N–H and O–H groups in total. The molecule has 1 aliphatic rings. The van der Waals surface area contributed by atoms with Crippen LogP contribution in [0.2, 0.25) is 0 Å². The van der Waals surface area contributed by atoms with E-state index in [0.29, 0.717) is 0 Å². The summed E-state index contributed by atoms with van der Waals surface area (Å²) in [5.74, 6) is 0.0964. The highest BCUT2D eigenvalue weighted by molar-refractivity contribution is 5.91. The molecule has 0 spiro atoms. The summed E-state index contributed by atoms with van der Waals surface area (Å²) in [4.78, 5) is 20.7. The first kappa shape index (κ1) is 16.4. The van der Waals surface area contributed by atoms with E-state index in [4.69, 9.17) is 0 Å². The molecule has 124 valence electrons. The maximum atomic E-state index is 12.3. The SMILES string of the molecule is Cc1ccc(/C=C/C(=O)N2CCN(Cc3ccncc3)CC2)cc1. The average molecular weight is 321 g/mol. The monoisotopic (exact) mass is 321 g/mol. The summed E-state index contributed by atoms with van der Waals surface area (Å²) >= 11 is 0. The summed E-state index contributed by atoms with van der Waals surface area (Å²) < 4.78 is 0. The largest absolute Gasteiger partial charge is 0.337 e. The lowest BCUT2D eigenvalue weighted by atomic mass is 10.1. The van der Waals surface area contributed by atoms with Gasteiger partial charge in [0, 0.05) is 51.2 Å². The van der Waals surface area contributed by atoms with Gasteiger partial charge in [0.25, 0.3) is 0 Å². The molecular formula is C20H23N3O. The third-order valence-corrected chi connectivity index (χ3v) is 4.34. The van der Waals surface area contributed by atoms with Gasteiger partial charge in [-0.3, -0.25) is 14.7 Å². The number of aromatic nitrogens is 1. The van der Waals surface area contributed by atoms with Gasteiger partial charge in [-0.1, -0.05) is 29.8 Å². The second-order valence-corrected chi connectivity index (χ2v) is 6.20. The molecule has 2 aromatic rings. The molecule has 1 aromatic heterocycles. The number of aryl methyl sites for hydroxylation is 1. The number of piperazine rings is 1. The van der Waals surface area contributed by atoms with Crippen molar-refractivity contribution in [2.45, 2.75) is 13.5 Å². The Labute approximate surface area is 143 Å².